The Hall–Kier alpha value is -2.21. The summed E-state index contributed by atoms with van der Waals surface area (Å²) in [5.41, 5.74) is 2.03. The van der Waals surface area contributed by atoms with E-state index in [1.165, 1.54) is 5.56 Å². The Morgan fingerprint density at radius 1 is 1.19 bits per heavy atom. The van der Waals surface area contributed by atoms with Crippen LogP contribution >= 0.6 is 11.8 Å². The van der Waals surface area contributed by atoms with Gasteiger partial charge in [-0.15, -0.1) is 0 Å². The molecule has 0 bridgehead atoms. The molecule has 1 saturated heterocycles. The summed E-state index contributed by atoms with van der Waals surface area (Å²) in [7, 11) is 1.61. The van der Waals surface area contributed by atoms with E-state index < -0.39 is 0 Å². The summed E-state index contributed by atoms with van der Waals surface area (Å²) in [6.07, 6.45) is 6.05. The highest BCUT2D eigenvalue weighted by atomic mass is 32.2. The molecule has 5 nitrogen and oxygen atoms in total. The predicted octanol–water partition coefficient (Wildman–Crippen LogP) is 4.29. The van der Waals surface area contributed by atoms with Crippen LogP contribution in [0.5, 0.6) is 11.6 Å². The van der Waals surface area contributed by atoms with Crippen molar-refractivity contribution < 1.29 is 9.47 Å². The second-order valence-corrected chi connectivity index (χ2v) is 7.00. The van der Waals surface area contributed by atoms with Gasteiger partial charge in [0.2, 0.25) is 5.88 Å². The van der Waals surface area contributed by atoms with Crippen molar-refractivity contribution in [2.45, 2.75) is 25.9 Å². The molecule has 1 aliphatic heterocycles. The van der Waals surface area contributed by atoms with Crippen molar-refractivity contribution in [1.29, 1.82) is 0 Å². The van der Waals surface area contributed by atoms with E-state index in [2.05, 4.69) is 29.1 Å². The Balaban J connectivity index is 1.60. The Morgan fingerprint density at radius 3 is 2.58 bits per heavy atom. The van der Waals surface area contributed by atoms with Gasteiger partial charge in [-0.1, -0.05) is 30.0 Å². The minimum absolute atomic E-state index is 0.262. The molecule has 3 rings (SSSR count). The number of pyridine rings is 1. The quantitative estimate of drug-likeness (QED) is 0.593. The molecule has 0 spiro atoms. The highest BCUT2D eigenvalue weighted by molar-refractivity contribution is 8.13. The Morgan fingerprint density at radius 2 is 1.96 bits per heavy atom. The number of para-hydroxylation sites is 1. The topological polar surface area (TPSA) is 47.0 Å². The van der Waals surface area contributed by atoms with Crippen LogP contribution in [0.25, 0.3) is 0 Å². The first-order chi connectivity index (χ1) is 12.7. The molecule has 1 aliphatic rings. The van der Waals surface area contributed by atoms with Gasteiger partial charge in [-0.25, -0.2) is 9.98 Å². The van der Waals surface area contributed by atoms with Gasteiger partial charge < -0.3 is 14.4 Å². The maximum absolute atomic E-state index is 6.19. The number of nitrogens with zero attached hydrogens (tertiary/aromatic N) is 3. The number of aromatic nitrogens is 1. The van der Waals surface area contributed by atoms with Gasteiger partial charge >= 0.3 is 0 Å². The van der Waals surface area contributed by atoms with E-state index in [1.807, 2.05) is 30.3 Å². The van der Waals surface area contributed by atoms with Crippen LogP contribution in [0.15, 0.2) is 47.6 Å². The average Bonchev–Trinajstić information content (AvgIpc) is 2.69. The molecule has 0 N–H and O–H groups in total. The first-order valence-corrected chi connectivity index (χ1v) is 10.0. The summed E-state index contributed by atoms with van der Waals surface area (Å²) in [6.45, 7) is 3.98. The van der Waals surface area contributed by atoms with Crippen LogP contribution in [0.3, 0.4) is 0 Å². The normalized spacial score (nSPS) is 15.8. The number of rotatable bonds is 4. The molecule has 1 fully saturated rings. The minimum atomic E-state index is 0.262. The second-order valence-electron chi connectivity index (χ2n) is 6.23. The fraction of sp³-hybridized carbons (Fsp3) is 0.400. The summed E-state index contributed by atoms with van der Waals surface area (Å²) in [5.74, 6) is 1.60. The van der Waals surface area contributed by atoms with Gasteiger partial charge in [0.15, 0.2) is 5.17 Å². The average molecular weight is 372 g/mol. The zero-order chi connectivity index (χ0) is 18.4. The van der Waals surface area contributed by atoms with Gasteiger partial charge in [0.25, 0.3) is 0 Å². The van der Waals surface area contributed by atoms with Crippen LogP contribution in [-0.4, -0.2) is 47.6 Å². The van der Waals surface area contributed by atoms with Crippen LogP contribution < -0.4 is 9.47 Å². The SMILES string of the molecule is COc1ccc(N=C(SC)N2CCC(Oc3ccccc3C)CC2)cn1. The molecule has 0 atom stereocenters. The first kappa shape index (κ1) is 18.6. The lowest BCUT2D eigenvalue weighted by molar-refractivity contribution is 0.131. The van der Waals surface area contributed by atoms with Crippen molar-refractivity contribution in [3.05, 3.63) is 48.2 Å². The molecule has 26 heavy (non-hydrogen) atoms. The molecule has 1 aromatic carbocycles. The summed E-state index contributed by atoms with van der Waals surface area (Å²) >= 11 is 1.66. The predicted molar refractivity (Wildman–Crippen MR) is 108 cm³/mol. The molecule has 138 valence electrons. The van der Waals surface area contributed by atoms with E-state index in [0.717, 1.165) is 42.5 Å². The summed E-state index contributed by atoms with van der Waals surface area (Å²) in [4.78, 5) is 11.3. The van der Waals surface area contributed by atoms with Gasteiger partial charge in [0, 0.05) is 32.0 Å². The minimum Gasteiger partial charge on any atom is -0.490 e. The van der Waals surface area contributed by atoms with Gasteiger partial charge in [0.05, 0.1) is 19.0 Å². The highest BCUT2D eigenvalue weighted by Gasteiger charge is 2.23. The summed E-state index contributed by atoms with van der Waals surface area (Å²) in [5, 5.41) is 1.02. The number of piperidine rings is 1. The number of methoxy groups -OCH3 is 1. The number of hydrogen-bond donors (Lipinski definition) is 0. The van der Waals surface area contributed by atoms with Crippen LogP contribution in [0.2, 0.25) is 0 Å². The zero-order valence-electron chi connectivity index (χ0n) is 15.5. The van der Waals surface area contributed by atoms with Crippen molar-refractivity contribution >= 4 is 22.6 Å². The van der Waals surface area contributed by atoms with Gasteiger partial charge in [-0.3, -0.25) is 0 Å². The van der Waals surface area contributed by atoms with Crippen LogP contribution in [0.4, 0.5) is 5.69 Å². The molecule has 1 aromatic heterocycles. The van der Waals surface area contributed by atoms with E-state index in [0.29, 0.717) is 5.88 Å². The number of ether oxygens (including phenoxy) is 2. The van der Waals surface area contributed by atoms with Crippen molar-refractivity contribution in [3.63, 3.8) is 0 Å². The monoisotopic (exact) mass is 371 g/mol. The number of hydrogen-bond acceptors (Lipinski definition) is 5. The lowest BCUT2D eigenvalue weighted by atomic mass is 10.1. The van der Waals surface area contributed by atoms with E-state index >= 15 is 0 Å². The molecule has 2 aromatic rings. The van der Waals surface area contributed by atoms with Crippen LogP contribution in [0.1, 0.15) is 18.4 Å². The third kappa shape index (κ3) is 4.69. The van der Waals surface area contributed by atoms with Crippen molar-refractivity contribution in [2.75, 3.05) is 26.5 Å². The van der Waals surface area contributed by atoms with E-state index in [9.17, 15) is 0 Å². The number of aliphatic imine (C=N–C) groups is 1. The molecule has 0 amide bonds. The van der Waals surface area contributed by atoms with Gasteiger partial charge in [0.1, 0.15) is 11.9 Å². The van der Waals surface area contributed by atoms with Crippen molar-refractivity contribution in [2.24, 2.45) is 4.99 Å². The zero-order valence-corrected chi connectivity index (χ0v) is 16.3. The Kier molecular flexibility index (Phi) is 6.39. The smallest absolute Gasteiger partial charge is 0.213 e. The number of thioether (sulfide) groups is 1. The molecule has 0 unspecified atom stereocenters. The fourth-order valence-corrected chi connectivity index (χ4v) is 3.59. The summed E-state index contributed by atoms with van der Waals surface area (Å²) in [6, 6.07) is 12.0. The highest BCUT2D eigenvalue weighted by Crippen LogP contribution is 2.24. The standard InChI is InChI=1S/C20H25N3O2S/c1-15-6-4-5-7-18(15)25-17-10-12-23(13-11-17)20(26-3)22-16-8-9-19(24-2)21-14-16/h4-9,14,17H,10-13H2,1-3H3. The molecule has 0 radical (unpaired) electrons. The van der Waals surface area contributed by atoms with Crippen molar-refractivity contribution in [1.82, 2.24) is 9.88 Å². The van der Waals surface area contributed by atoms with Crippen LogP contribution in [-0.2, 0) is 0 Å². The number of likely N-dealkylation sites (tertiary alicyclic amines) is 1. The third-order valence-corrected chi connectivity index (χ3v) is 5.15. The number of amidine groups is 1. The van der Waals surface area contributed by atoms with E-state index in [4.69, 9.17) is 14.5 Å². The fourth-order valence-electron chi connectivity index (χ4n) is 2.95. The molecule has 0 saturated carbocycles. The van der Waals surface area contributed by atoms with E-state index in [1.54, 1.807) is 25.1 Å². The molecule has 6 heteroatoms. The van der Waals surface area contributed by atoms with Crippen LogP contribution in [0, 0.1) is 6.92 Å². The number of aryl methyl sites for hydroxylation is 1. The lowest BCUT2D eigenvalue weighted by Crippen LogP contribution is -2.40. The van der Waals surface area contributed by atoms with E-state index in [-0.39, 0.29) is 6.10 Å². The molecular formula is C20H25N3O2S. The lowest BCUT2D eigenvalue weighted by Gasteiger charge is -2.33. The maximum Gasteiger partial charge on any atom is 0.213 e. The summed E-state index contributed by atoms with van der Waals surface area (Å²) < 4.78 is 11.3. The van der Waals surface area contributed by atoms with Gasteiger partial charge in [-0.05, 0) is 30.9 Å². The maximum atomic E-state index is 6.19. The van der Waals surface area contributed by atoms with Crippen molar-refractivity contribution in [3.8, 4) is 11.6 Å². The first-order valence-electron chi connectivity index (χ1n) is 8.79. The molecule has 2 heterocycles. The molecular weight excluding hydrogens is 346 g/mol. The Labute approximate surface area is 159 Å². The second kappa shape index (κ2) is 8.94. The largest absolute Gasteiger partial charge is 0.490 e. The molecule has 0 aliphatic carbocycles. The van der Waals surface area contributed by atoms with Gasteiger partial charge in [-0.2, -0.15) is 0 Å². The number of benzene rings is 1. The third-order valence-electron chi connectivity index (χ3n) is 4.44. The Bertz CT molecular complexity index is 741.